The van der Waals surface area contributed by atoms with Crippen molar-refractivity contribution in [1.29, 1.82) is 0 Å². The van der Waals surface area contributed by atoms with E-state index in [2.05, 4.69) is 32.2 Å². The minimum atomic E-state index is -0.681. The molecule has 0 spiro atoms. The number of rotatable bonds is 6. The summed E-state index contributed by atoms with van der Waals surface area (Å²) in [5.41, 5.74) is 4.86. The Bertz CT molecular complexity index is 990. The van der Waals surface area contributed by atoms with Crippen molar-refractivity contribution in [2.24, 2.45) is 0 Å². The van der Waals surface area contributed by atoms with Crippen LogP contribution in [-0.4, -0.2) is 12.3 Å². The molecule has 0 aliphatic rings. The zero-order valence-electron chi connectivity index (χ0n) is 17.8. The Labute approximate surface area is 179 Å². The molecule has 3 rings (SSSR count). The minimum absolute atomic E-state index is 0.349. The van der Waals surface area contributed by atoms with Gasteiger partial charge in [-0.05, 0) is 36.6 Å². The van der Waals surface area contributed by atoms with Gasteiger partial charge in [-0.1, -0.05) is 92.0 Å². The molecule has 1 unspecified atom stereocenters. The number of para-hydroxylation sites is 1. The van der Waals surface area contributed by atoms with E-state index < -0.39 is 12.3 Å². The summed E-state index contributed by atoms with van der Waals surface area (Å²) in [5, 5.41) is 0. The van der Waals surface area contributed by atoms with Crippen molar-refractivity contribution in [3.05, 3.63) is 109 Å². The monoisotopic (exact) mass is 400 g/mol. The van der Waals surface area contributed by atoms with Crippen LogP contribution >= 0.6 is 0 Å². The Morgan fingerprint density at radius 2 is 1.53 bits per heavy atom. The molecule has 30 heavy (non-hydrogen) atoms. The summed E-state index contributed by atoms with van der Waals surface area (Å²) in [6, 6.07) is 25.8. The molecule has 1 atom stereocenters. The number of carbonyl (C=O) groups is 1. The lowest BCUT2D eigenvalue weighted by molar-refractivity contribution is -0.156. The number of esters is 1. The van der Waals surface area contributed by atoms with Crippen LogP contribution < -0.4 is 4.74 Å². The van der Waals surface area contributed by atoms with Crippen molar-refractivity contribution in [2.75, 3.05) is 0 Å². The molecule has 154 valence electrons. The Hall–Kier alpha value is -3.59. The van der Waals surface area contributed by atoms with E-state index in [9.17, 15) is 4.79 Å². The van der Waals surface area contributed by atoms with Gasteiger partial charge in [0, 0.05) is 18.1 Å². The Balaban J connectivity index is 0.000000297. The summed E-state index contributed by atoms with van der Waals surface area (Å²) in [5.74, 6) is 0.213. The lowest BCUT2D eigenvalue weighted by Gasteiger charge is -2.17. The van der Waals surface area contributed by atoms with Crippen molar-refractivity contribution in [1.82, 2.24) is 0 Å². The van der Waals surface area contributed by atoms with E-state index >= 15 is 0 Å². The summed E-state index contributed by atoms with van der Waals surface area (Å²) < 4.78 is 10.9. The van der Waals surface area contributed by atoms with Crippen LogP contribution in [0.15, 0.2) is 97.6 Å². The first-order valence-electron chi connectivity index (χ1n) is 9.78. The van der Waals surface area contributed by atoms with Crippen LogP contribution in [0.25, 0.3) is 17.2 Å². The van der Waals surface area contributed by atoms with Gasteiger partial charge in [0.15, 0.2) is 0 Å². The average Bonchev–Trinajstić information content (AvgIpc) is 2.75. The molecule has 0 aliphatic heterocycles. The predicted molar refractivity (Wildman–Crippen MR) is 124 cm³/mol. The van der Waals surface area contributed by atoms with Gasteiger partial charge < -0.3 is 9.47 Å². The summed E-state index contributed by atoms with van der Waals surface area (Å²) in [4.78, 5) is 11.5. The van der Waals surface area contributed by atoms with Gasteiger partial charge in [-0.25, -0.2) is 4.79 Å². The summed E-state index contributed by atoms with van der Waals surface area (Å²) in [7, 11) is 0. The lowest BCUT2D eigenvalue weighted by atomic mass is 10.1. The molecule has 0 amide bonds. The van der Waals surface area contributed by atoms with Gasteiger partial charge in [-0.3, -0.25) is 0 Å². The largest absolute Gasteiger partial charge is 0.454 e. The van der Waals surface area contributed by atoms with E-state index in [4.69, 9.17) is 9.47 Å². The second-order valence-electron chi connectivity index (χ2n) is 6.79. The van der Waals surface area contributed by atoms with Crippen LogP contribution in [0, 0.1) is 6.92 Å². The number of carbonyl (C=O) groups excluding carboxylic acids is 1. The van der Waals surface area contributed by atoms with Crippen LogP contribution in [0.1, 0.15) is 25.0 Å². The van der Waals surface area contributed by atoms with Crippen LogP contribution in [0.3, 0.4) is 0 Å². The van der Waals surface area contributed by atoms with E-state index in [0.29, 0.717) is 11.3 Å². The molecule has 0 bridgehead atoms. The van der Waals surface area contributed by atoms with Gasteiger partial charge in [-0.2, -0.15) is 0 Å². The van der Waals surface area contributed by atoms with E-state index in [1.807, 2.05) is 72.8 Å². The summed E-state index contributed by atoms with van der Waals surface area (Å²) >= 11 is 0. The van der Waals surface area contributed by atoms with Crippen molar-refractivity contribution < 1.29 is 14.3 Å². The zero-order chi connectivity index (χ0) is 21.9. The molecule has 0 aliphatic carbocycles. The number of hydrogen-bond acceptors (Lipinski definition) is 3. The van der Waals surface area contributed by atoms with Gasteiger partial charge in [0.25, 0.3) is 0 Å². The van der Waals surface area contributed by atoms with Crippen LogP contribution in [0.4, 0.5) is 0 Å². The van der Waals surface area contributed by atoms with E-state index in [1.165, 1.54) is 11.1 Å². The molecule has 3 aromatic carbocycles. The SMILES string of the molecule is C=C(C)C(=O)OC(C)Oc1ccccc1-c1ccccc1.C=Cc1ccccc1C. The molecule has 3 aromatic rings. The second kappa shape index (κ2) is 11.4. The minimum Gasteiger partial charge on any atom is -0.454 e. The van der Waals surface area contributed by atoms with Crippen molar-refractivity contribution >= 4 is 12.0 Å². The normalized spacial score (nSPS) is 10.8. The van der Waals surface area contributed by atoms with Crippen molar-refractivity contribution in [3.63, 3.8) is 0 Å². The first-order chi connectivity index (χ1) is 14.4. The highest BCUT2D eigenvalue weighted by molar-refractivity contribution is 5.87. The van der Waals surface area contributed by atoms with Crippen molar-refractivity contribution in [3.8, 4) is 16.9 Å². The third kappa shape index (κ3) is 6.78. The fourth-order valence-corrected chi connectivity index (χ4v) is 2.70. The number of benzene rings is 3. The van der Waals surface area contributed by atoms with Crippen LogP contribution in [0.2, 0.25) is 0 Å². The first-order valence-corrected chi connectivity index (χ1v) is 9.78. The van der Waals surface area contributed by atoms with Gasteiger partial charge in [0.2, 0.25) is 6.29 Å². The van der Waals surface area contributed by atoms with Gasteiger partial charge in [0.1, 0.15) is 5.75 Å². The predicted octanol–water partition coefficient (Wildman–Crippen LogP) is 6.84. The average molecular weight is 401 g/mol. The molecule has 0 fully saturated rings. The molecule has 0 radical (unpaired) electrons. The third-order valence-corrected chi connectivity index (χ3v) is 4.29. The third-order valence-electron chi connectivity index (χ3n) is 4.29. The Morgan fingerprint density at radius 3 is 2.13 bits per heavy atom. The smallest absolute Gasteiger partial charge is 0.336 e. The highest BCUT2D eigenvalue weighted by Gasteiger charge is 2.13. The number of aryl methyl sites for hydroxylation is 1. The van der Waals surface area contributed by atoms with Crippen LogP contribution in [0.5, 0.6) is 5.75 Å². The molecule has 0 saturated heterocycles. The highest BCUT2D eigenvalue weighted by atomic mass is 16.7. The Morgan fingerprint density at radius 1 is 0.933 bits per heavy atom. The lowest BCUT2D eigenvalue weighted by Crippen LogP contribution is -2.21. The molecule has 0 N–H and O–H groups in total. The fourth-order valence-electron chi connectivity index (χ4n) is 2.70. The maximum absolute atomic E-state index is 11.5. The first kappa shape index (κ1) is 22.7. The Kier molecular flexibility index (Phi) is 8.64. The molecule has 0 aromatic heterocycles. The highest BCUT2D eigenvalue weighted by Crippen LogP contribution is 2.30. The van der Waals surface area contributed by atoms with Gasteiger partial charge in [0.05, 0.1) is 0 Å². The quantitative estimate of drug-likeness (QED) is 0.258. The molecule has 3 nitrogen and oxygen atoms in total. The summed E-state index contributed by atoms with van der Waals surface area (Å²) in [6.07, 6.45) is 1.19. The number of ether oxygens (including phenoxy) is 2. The second-order valence-corrected chi connectivity index (χ2v) is 6.79. The fraction of sp³-hybridized carbons (Fsp3) is 0.148. The molecule has 0 saturated carbocycles. The van der Waals surface area contributed by atoms with E-state index in [-0.39, 0.29) is 0 Å². The summed E-state index contributed by atoms with van der Waals surface area (Å²) in [6.45, 7) is 12.6. The number of hydrogen-bond donors (Lipinski definition) is 0. The topological polar surface area (TPSA) is 35.5 Å². The zero-order valence-corrected chi connectivity index (χ0v) is 17.8. The molecular formula is C27H28O3. The van der Waals surface area contributed by atoms with E-state index in [0.717, 1.165) is 11.1 Å². The molecule has 3 heteroatoms. The van der Waals surface area contributed by atoms with Crippen LogP contribution in [-0.2, 0) is 9.53 Å². The van der Waals surface area contributed by atoms with E-state index in [1.54, 1.807) is 13.8 Å². The molecular weight excluding hydrogens is 372 g/mol. The standard InChI is InChI=1S/C18H18O3.C9H10/c1-13(2)18(19)21-14(3)20-17-12-8-7-11-16(17)15-9-5-4-6-10-15;1-3-9-7-5-4-6-8(9)2/h4-12,14H,1H2,2-3H3;3-7H,1H2,2H3. The maximum Gasteiger partial charge on any atom is 0.336 e. The van der Waals surface area contributed by atoms with Gasteiger partial charge >= 0.3 is 5.97 Å². The van der Waals surface area contributed by atoms with Crippen molar-refractivity contribution in [2.45, 2.75) is 27.1 Å². The maximum atomic E-state index is 11.5. The molecule has 0 heterocycles. The van der Waals surface area contributed by atoms with Gasteiger partial charge in [-0.15, -0.1) is 0 Å².